The molecule has 4 aromatic rings. The lowest BCUT2D eigenvalue weighted by Crippen LogP contribution is -2.34. The molecule has 0 bridgehead atoms. The molecule has 146 valence electrons. The van der Waals surface area contributed by atoms with E-state index in [2.05, 4.69) is 25.5 Å². The van der Waals surface area contributed by atoms with Gasteiger partial charge in [-0.2, -0.15) is 5.10 Å². The highest BCUT2D eigenvalue weighted by Crippen LogP contribution is 2.34. The third-order valence-corrected chi connectivity index (χ3v) is 5.21. The number of piperidine rings is 1. The van der Waals surface area contributed by atoms with Gasteiger partial charge in [0.2, 0.25) is 0 Å². The molecule has 7 heteroatoms. The van der Waals surface area contributed by atoms with Gasteiger partial charge >= 0.3 is 0 Å². The minimum atomic E-state index is -0.310. The third-order valence-electron chi connectivity index (χ3n) is 5.21. The van der Waals surface area contributed by atoms with E-state index in [0.29, 0.717) is 17.0 Å². The van der Waals surface area contributed by atoms with Crippen LogP contribution in [0, 0.1) is 5.82 Å². The first kappa shape index (κ1) is 17.8. The molecule has 0 aliphatic carbocycles. The van der Waals surface area contributed by atoms with Gasteiger partial charge < -0.3 is 10.1 Å². The minimum absolute atomic E-state index is 0.170. The number of H-pyrrole nitrogens is 1. The van der Waals surface area contributed by atoms with E-state index in [1.807, 2.05) is 12.1 Å². The fourth-order valence-corrected chi connectivity index (χ4v) is 3.69. The van der Waals surface area contributed by atoms with E-state index in [0.717, 1.165) is 48.1 Å². The molecule has 1 aliphatic rings. The van der Waals surface area contributed by atoms with Crippen molar-refractivity contribution in [3.05, 3.63) is 60.8 Å². The Morgan fingerprint density at radius 1 is 1.03 bits per heavy atom. The van der Waals surface area contributed by atoms with Gasteiger partial charge in [-0.3, -0.25) is 15.1 Å². The number of hydrogen-bond donors (Lipinski definition) is 2. The predicted octanol–water partition coefficient (Wildman–Crippen LogP) is 3.96. The van der Waals surface area contributed by atoms with Crippen molar-refractivity contribution in [2.24, 2.45) is 0 Å². The first-order valence-corrected chi connectivity index (χ1v) is 9.70. The van der Waals surface area contributed by atoms with Crippen molar-refractivity contribution in [1.29, 1.82) is 0 Å². The van der Waals surface area contributed by atoms with Crippen molar-refractivity contribution in [2.45, 2.75) is 18.9 Å². The summed E-state index contributed by atoms with van der Waals surface area (Å²) in [5.74, 6) is 0.449. The molecule has 0 saturated carbocycles. The normalized spacial score (nSPS) is 14.9. The summed E-state index contributed by atoms with van der Waals surface area (Å²) in [7, 11) is 0. The highest BCUT2D eigenvalue weighted by molar-refractivity contribution is 5.94. The van der Waals surface area contributed by atoms with Gasteiger partial charge in [0, 0.05) is 23.3 Å². The Hall–Kier alpha value is -3.32. The lowest BCUT2D eigenvalue weighted by Gasteiger charge is -2.24. The number of aromatic amines is 1. The van der Waals surface area contributed by atoms with Crippen LogP contribution in [0.2, 0.25) is 0 Å². The molecule has 1 saturated heterocycles. The second kappa shape index (κ2) is 7.60. The molecule has 0 spiro atoms. The summed E-state index contributed by atoms with van der Waals surface area (Å²) in [6, 6.07) is 10.4. The van der Waals surface area contributed by atoms with E-state index in [4.69, 9.17) is 4.74 Å². The average molecular weight is 389 g/mol. The van der Waals surface area contributed by atoms with Gasteiger partial charge in [-0.1, -0.05) is 12.1 Å². The molecule has 5 rings (SSSR count). The first-order valence-electron chi connectivity index (χ1n) is 9.70. The first-order chi connectivity index (χ1) is 14.3. The van der Waals surface area contributed by atoms with Crippen molar-refractivity contribution in [2.75, 3.05) is 13.1 Å². The maximum atomic E-state index is 14.3. The molecule has 3 aromatic heterocycles. The summed E-state index contributed by atoms with van der Waals surface area (Å²) in [5, 5.41) is 11.4. The lowest BCUT2D eigenvalue weighted by atomic mass is 10.1. The number of pyridine rings is 2. The Morgan fingerprint density at radius 2 is 1.90 bits per heavy atom. The largest absolute Gasteiger partial charge is 0.490 e. The molecule has 2 N–H and O–H groups in total. The van der Waals surface area contributed by atoms with Crippen molar-refractivity contribution in [3.63, 3.8) is 0 Å². The van der Waals surface area contributed by atoms with Crippen LogP contribution < -0.4 is 10.1 Å². The second-order valence-electron chi connectivity index (χ2n) is 7.11. The topological polar surface area (TPSA) is 75.7 Å². The monoisotopic (exact) mass is 389 g/mol. The van der Waals surface area contributed by atoms with Crippen LogP contribution in [0.5, 0.6) is 5.75 Å². The van der Waals surface area contributed by atoms with E-state index in [1.54, 1.807) is 36.8 Å². The van der Waals surface area contributed by atoms with Gasteiger partial charge in [-0.25, -0.2) is 4.39 Å². The standard InChI is InChI=1S/C22H20FN5O/c23-18-4-2-1-3-15(18)22-16-11-19(26-13-20(16)27-28-22)17-12-25-10-7-21(17)29-14-5-8-24-9-6-14/h1-4,7,10-14,24H,5-6,8-9H2,(H,27,28). The number of aromatic nitrogens is 4. The Morgan fingerprint density at radius 3 is 2.76 bits per heavy atom. The smallest absolute Gasteiger partial charge is 0.132 e. The minimum Gasteiger partial charge on any atom is -0.490 e. The van der Waals surface area contributed by atoms with Crippen LogP contribution in [0.25, 0.3) is 33.4 Å². The number of ether oxygens (including phenoxy) is 1. The van der Waals surface area contributed by atoms with Crippen molar-refractivity contribution in [3.8, 4) is 28.3 Å². The summed E-state index contributed by atoms with van der Waals surface area (Å²) in [4.78, 5) is 8.82. The van der Waals surface area contributed by atoms with Crippen LogP contribution in [0.15, 0.2) is 55.0 Å². The quantitative estimate of drug-likeness (QED) is 0.553. The van der Waals surface area contributed by atoms with Gasteiger partial charge in [0.25, 0.3) is 0 Å². The van der Waals surface area contributed by atoms with Crippen LogP contribution in [-0.4, -0.2) is 39.4 Å². The van der Waals surface area contributed by atoms with Crippen LogP contribution in [0.3, 0.4) is 0 Å². The number of nitrogens with one attached hydrogen (secondary N) is 2. The van der Waals surface area contributed by atoms with Gasteiger partial charge in [-0.05, 0) is 50.2 Å². The van der Waals surface area contributed by atoms with Crippen molar-refractivity contribution >= 4 is 10.9 Å². The van der Waals surface area contributed by atoms with E-state index < -0.39 is 0 Å². The number of fused-ring (bicyclic) bond motifs is 1. The van der Waals surface area contributed by atoms with Crippen LogP contribution >= 0.6 is 0 Å². The number of benzene rings is 1. The Kier molecular flexibility index (Phi) is 4.65. The Bertz CT molecular complexity index is 1150. The van der Waals surface area contributed by atoms with Crippen LogP contribution in [0.4, 0.5) is 4.39 Å². The number of halogens is 1. The number of rotatable bonds is 4. The van der Waals surface area contributed by atoms with Gasteiger partial charge in [0.05, 0.1) is 23.0 Å². The lowest BCUT2D eigenvalue weighted by molar-refractivity contribution is 0.163. The van der Waals surface area contributed by atoms with Gasteiger partial charge in [0.15, 0.2) is 0 Å². The zero-order chi connectivity index (χ0) is 19.6. The SMILES string of the molecule is Fc1ccccc1-c1n[nH]c2cnc(-c3cnccc3OC3CCNCC3)cc12. The summed E-state index contributed by atoms with van der Waals surface area (Å²) in [5.41, 5.74) is 3.29. The highest BCUT2D eigenvalue weighted by atomic mass is 19.1. The molecular formula is C22H20FN5O. The van der Waals surface area contributed by atoms with Gasteiger partial charge in [-0.15, -0.1) is 0 Å². The third kappa shape index (κ3) is 3.45. The van der Waals surface area contributed by atoms with Crippen LogP contribution in [0.1, 0.15) is 12.8 Å². The summed E-state index contributed by atoms with van der Waals surface area (Å²) < 4.78 is 20.6. The molecule has 0 radical (unpaired) electrons. The average Bonchev–Trinajstić information content (AvgIpc) is 3.18. The van der Waals surface area contributed by atoms with Crippen LogP contribution in [-0.2, 0) is 0 Å². The maximum absolute atomic E-state index is 14.3. The fourth-order valence-electron chi connectivity index (χ4n) is 3.69. The molecule has 0 atom stereocenters. The number of nitrogens with zero attached hydrogens (tertiary/aromatic N) is 3. The van der Waals surface area contributed by atoms with Gasteiger partial charge in [0.1, 0.15) is 23.4 Å². The summed E-state index contributed by atoms with van der Waals surface area (Å²) >= 11 is 0. The molecule has 0 amide bonds. The van der Waals surface area contributed by atoms with E-state index in [9.17, 15) is 4.39 Å². The summed E-state index contributed by atoms with van der Waals surface area (Å²) in [6.07, 6.45) is 7.29. The molecule has 1 fully saturated rings. The Labute approximate surface area is 167 Å². The molecule has 1 aromatic carbocycles. The zero-order valence-electron chi connectivity index (χ0n) is 15.7. The summed E-state index contributed by atoms with van der Waals surface area (Å²) in [6.45, 7) is 1.91. The maximum Gasteiger partial charge on any atom is 0.132 e. The molecule has 1 aliphatic heterocycles. The van der Waals surface area contributed by atoms with Crippen molar-refractivity contribution < 1.29 is 9.13 Å². The van der Waals surface area contributed by atoms with Crippen molar-refractivity contribution in [1.82, 2.24) is 25.5 Å². The fraction of sp³-hybridized carbons (Fsp3) is 0.227. The molecule has 29 heavy (non-hydrogen) atoms. The molecule has 6 nitrogen and oxygen atoms in total. The molecular weight excluding hydrogens is 369 g/mol. The highest BCUT2D eigenvalue weighted by Gasteiger charge is 2.19. The molecule has 0 unspecified atom stereocenters. The van der Waals surface area contributed by atoms with E-state index in [1.165, 1.54) is 6.07 Å². The van der Waals surface area contributed by atoms with E-state index >= 15 is 0 Å². The molecule has 4 heterocycles. The Balaban J connectivity index is 1.56. The second-order valence-corrected chi connectivity index (χ2v) is 7.11. The zero-order valence-corrected chi connectivity index (χ0v) is 15.7. The number of hydrogen-bond acceptors (Lipinski definition) is 5. The van der Waals surface area contributed by atoms with E-state index in [-0.39, 0.29) is 11.9 Å². The predicted molar refractivity (Wildman–Crippen MR) is 109 cm³/mol.